The Kier molecular flexibility index (Phi) is 8.45. The van der Waals surface area contributed by atoms with Crippen molar-refractivity contribution in [2.45, 2.75) is 57.2 Å². The third-order valence-corrected chi connectivity index (χ3v) is 12.1. The van der Waals surface area contributed by atoms with E-state index in [0.717, 1.165) is 95.6 Å². The summed E-state index contributed by atoms with van der Waals surface area (Å²) in [7, 11) is 0. The Morgan fingerprint density at radius 2 is 1.63 bits per heavy atom. The summed E-state index contributed by atoms with van der Waals surface area (Å²) < 4.78 is 4.16. The van der Waals surface area contributed by atoms with Crippen molar-refractivity contribution in [3.05, 3.63) is 112 Å². The van der Waals surface area contributed by atoms with E-state index in [9.17, 15) is 19.2 Å². The van der Waals surface area contributed by atoms with Crippen LogP contribution in [0.3, 0.4) is 0 Å². The molecule has 0 radical (unpaired) electrons. The molecule has 1 N–H and O–H groups in total. The fraction of sp³-hybridized carbons (Fsp3) is 0.333. The molecule has 10 rings (SSSR count). The number of nitrogens with one attached hydrogen (secondary N) is 1. The summed E-state index contributed by atoms with van der Waals surface area (Å²) in [6, 6.07) is 18.6. The van der Waals surface area contributed by atoms with Gasteiger partial charge >= 0.3 is 0 Å². The molecule has 4 amide bonds. The fourth-order valence-electron chi connectivity index (χ4n) is 8.72. The second-order valence-electron chi connectivity index (χ2n) is 15.5. The summed E-state index contributed by atoms with van der Waals surface area (Å²) >= 11 is 6.29. The molecule has 6 heterocycles. The van der Waals surface area contributed by atoms with E-state index in [-0.39, 0.29) is 18.4 Å². The Bertz CT molecular complexity index is 2530. The highest BCUT2D eigenvalue weighted by molar-refractivity contribution is 6.30. The van der Waals surface area contributed by atoms with E-state index in [1.807, 2.05) is 48.1 Å². The first-order chi connectivity index (χ1) is 27.7. The van der Waals surface area contributed by atoms with Crippen LogP contribution in [-0.4, -0.2) is 102 Å². The van der Waals surface area contributed by atoms with Crippen molar-refractivity contribution in [1.29, 1.82) is 0 Å². The average molecular weight is 783 g/mol. The van der Waals surface area contributed by atoms with Crippen molar-refractivity contribution < 1.29 is 19.2 Å². The molecular formula is C42H39ClN10O4. The first-order valence-electron chi connectivity index (χ1n) is 19.5. The maximum absolute atomic E-state index is 13.6. The number of imide groups is 2. The van der Waals surface area contributed by atoms with Crippen molar-refractivity contribution in [2.75, 3.05) is 37.6 Å². The van der Waals surface area contributed by atoms with E-state index in [4.69, 9.17) is 21.7 Å². The molecule has 1 spiro atoms. The molecule has 57 heavy (non-hydrogen) atoms. The van der Waals surface area contributed by atoms with Gasteiger partial charge in [0.2, 0.25) is 11.8 Å². The molecule has 5 aliphatic rings. The number of aromatic nitrogens is 5. The number of benzene rings is 3. The first-order valence-corrected chi connectivity index (χ1v) is 19.8. The molecule has 0 bridgehead atoms. The van der Waals surface area contributed by atoms with Crippen molar-refractivity contribution in [3.63, 3.8) is 0 Å². The van der Waals surface area contributed by atoms with Crippen molar-refractivity contribution >= 4 is 46.6 Å². The number of fused-ring (bicyclic) bond motifs is 5. The topological polar surface area (TPSA) is 151 Å². The largest absolute Gasteiger partial charge is 0.368 e. The number of amides is 4. The Labute approximate surface area is 333 Å². The van der Waals surface area contributed by atoms with Crippen LogP contribution < -0.4 is 10.2 Å². The van der Waals surface area contributed by atoms with Gasteiger partial charge in [-0.1, -0.05) is 35.9 Å². The summed E-state index contributed by atoms with van der Waals surface area (Å²) in [6.07, 6.45) is 6.99. The number of carbonyl (C=O) groups excluding carboxylic acids is 4. The molecule has 1 aliphatic carbocycles. The summed E-state index contributed by atoms with van der Waals surface area (Å²) in [6.45, 7) is 6.62. The quantitative estimate of drug-likeness (QED) is 0.224. The van der Waals surface area contributed by atoms with Gasteiger partial charge in [-0.05, 0) is 74.6 Å². The average Bonchev–Trinajstić information content (AvgIpc) is 3.56. The maximum atomic E-state index is 13.6. The van der Waals surface area contributed by atoms with E-state index < -0.39 is 29.7 Å². The maximum Gasteiger partial charge on any atom is 0.264 e. The molecule has 3 aromatic carbocycles. The highest BCUT2D eigenvalue weighted by Crippen LogP contribution is 2.52. The van der Waals surface area contributed by atoms with Crippen LogP contribution in [0, 0.1) is 6.92 Å². The number of hydrogen-bond donors (Lipinski definition) is 1. The Morgan fingerprint density at radius 3 is 2.40 bits per heavy atom. The predicted molar refractivity (Wildman–Crippen MR) is 212 cm³/mol. The minimum atomic E-state index is -0.987. The second-order valence-corrected chi connectivity index (χ2v) is 15.9. The lowest BCUT2D eigenvalue weighted by atomic mass is 9.96. The summed E-state index contributed by atoms with van der Waals surface area (Å²) in [4.78, 5) is 62.2. The zero-order chi connectivity index (χ0) is 39.0. The molecule has 14 nitrogen and oxygen atoms in total. The number of piperidine rings is 1. The Balaban J connectivity index is 0.804. The zero-order valence-corrected chi connectivity index (χ0v) is 32.1. The number of nitrogens with zero attached hydrogens (tertiary/aromatic N) is 9. The number of piperazine rings is 1. The van der Waals surface area contributed by atoms with Crippen LogP contribution in [0.1, 0.15) is 75.6 Å². The van der Waals surface area contributed by atoms with Crippen LogP contribution in [0.25, 0.3) is 16.8 Å². The smallest absolute Gasteiger partial charge is 0.264 e. The lowest BCUT2D eigenvalue weighted by molar-refractivity contribution is -0.136. The van der Waals surface area contributed by atoms with Gasteiger partial charge in [0, 0.05) is 73.6 Å². The third-order valence-electron chi connectivity index (χ3n) is 11.9. The number of anilines is 1. The van der Waals surface area contributed by atoms with Crippen LogP contribution in [-0.2, 0) is 21.7 Å². The van der Waals surface area contributed by atoms with Gasteiger partial charge in [-0.25, -0.2) is 0 Å². The summed E-state index contributed by atoms with van der Waals surface area (Å²) in [5.74, 6) is -0.243. The van der Waals surface area contributed by atoms with Gasteiger partial charge in [0.1, 0.15) is 17.4 Å². The van der Waals surface area contributed by atoms with E-state index in [2.05, 4.69) is 54.3 Å². The number of hydrogen-bond acceptors (Lipinski definition) is 10. The molecule has 1 unspecified atom stereocenters. The molecule has 1 atom stereocenters. The number of rotatable bonds is 8. The van der Waals surface area contributed by atoms with Crippen molar-refractivity contribution in [2.24, 2.45) is 4.99 Å². The van der Waals surface area contributed by atoms with Crippen LogP contribution in [0.2, 0.25) is 5.02 Å². The second kappa shape index (κ2) is 13.6. The molecule has 4 aliphatic heterocycles. The highest BCUT2D eigenvalue weighted by Gasteiger charge is 2.51. The normalized spacial score (nSPS) is 20.0. The Morgan fingerprint density at radius 1 is 0.842 bits per heavy atom. The number of aliphatic imine (C=N–C) groups is 1. The van der Waals surface area contributed by atoms with E-state index >= 15 is 0 Å². The standard InChI is InChI=1S/C42H39ClN10O4/c1-25-47-48-41-42(14-15-42)46-37(26-6-9-29(43)10-7-26)31-22-27(8-11-32(31)52(25)41)28-23-44-51(24-28)17-3-16-49-18-20-50(21-19-49)33-5-2-4-30-36(33)40(57)53(39(30)56)34-12-13-35(54)45-38(34)55/h2,4-11,22-24,34H,3,12-21H2,1H3,(H,45,54,55). The minimum Gasteiger partial charge on any atom is -0.368 e. The van der Waals surface area contributed by atoms with Gasteiger partial charge in [0.25, 0.3) is 11.8 Å². The highest BCUT2D eigenvalue weighted by atomic mass is 35.5. The molecule has 2 saturated heterocycles. The van der Waals surface area contributed by atoms with E-state index in [0.29, 0.717) is 34.9 Å². The van der Waals surface area contributed by atoms with E-state index in [1.54, 1.807) is 12.1 Å². The Hall–Kier alpha value is -5.99. The SMILES string of the molecule is Cc1nnc2n1-c1ccc(-c3cnn(CCCN4CCN(c5cccc6c5C(=O)N(C5CCC(=O)NC5=O)C6=O)CC4)c3)cc1C(c1ccc(Cl)cc1)=NC21CC1. The minimum absolute atomic E-state index is 0.0871. The van der Waals surface area contributed by atoms with Crippen LogP contribution >= 0.6 is 11.6 Å². The van der Waals surface area contributed by atoms with Crippen LogP contribution in [0.15, 0.2) is 78.0 Å². The molecule has 3 fully saturated rings. The van der Waals surface area contributed by atoms with Gasteiger partial charge < -0.3 is 4.90 Å². The molecular weight excluding hydrogens is 744 g/mol. The monoisotopic (exact) mass is 782 g/mol. The summed E-state index contributed by atoms with van der Waals surface area (Å²) in [5.41, 5.74) is 6.98. The van der Waals surface area contributed by atoms with Crippen molar-refractivity contribution in [3.8, 4) is 16.8 Å². The van der Waals surface area contributed by atoms with Gasteiger partial charge in [0.15, 0.2) is 5.82 Å². The number of halogens is 1. The number of carbonyl (C=O) groups is 4. The molecule has 288 valence electrons. The lowest BCUT2D eigenvalue weighted by Crippen LogP contribution is -2.54. The lowest BCUT2D eigenvalue weighted by Gasteiger charge is -2.36. The third kappa shape index (κ3) is 6.05. The molecule has 15 heteroatoms. The first kappa shape index (κ1) is 35.4. The van der Waals surface area contributed by atoms with Crippen LogP contribution in [0.5, 0.6) is 0 Å². The van der Waals surface area contributed by atoms with Gasteiger partial charge in [0.05, 0.1) is 34.4 Å². The van der Waals surface area contributed by atoms with Gasteiger partial charge in [-0.2, -0.15) is 5.10 Å². The predicted octanol–water partition coefficient (Wildman–Crippen LogP) is 4.55. The zero-order valence-electron chi connectivity index (χ0n) is 31.3. The summed E-state index contributed by atoms with van der Waals surface area (Å²) in [5, 5.41) is 16.7. The van der Waals surface area contributed by atoms with Gasteiger partial charge in [-0.15, -0.1) is 10.2 Å². The van der Waals surface area contributed by atoms with Gasteiger partial charge in [-0.3, -0.25) is 48.5 Å². The molecule has 2 aromatic heterocycles. The fourth-order valence-corrected chi connectivity index (χ4v) is 8.85. The number of aryl methyl sites for hydroxylation is 2. The van der Waals surface area contributed by atoms with Crippen LogP contribution in [0.4, 0.5) is 5.69 Å². The van der Waals surface area contributed by atoms with E-state index in [1.165, 1.54) is 0 Å². The van der Waals surface area contributed by atoms with Crippen molar-refractivity contribution in [1.82, 2.24) is 39.7 Å². The molecule has 1 saturated carbocycles. The molecule has 5 aromatic rings.